The molecule has 0 fully saturated rings. The number of carbonyl (C=O) groups excluding carboxylic acids is 1. The van der Waals surface area contributed by atoms with Gasteiger partial charge in [0.1, 0.15) is 0 Å². The molecule has 0 unspecified atom stereocenters. The molecule has 3 aromatic rings. The van der Waals surface area contributed by atoms with Crippen molar-refractivity contribution >= 4 is 37.3 Å². The van der Waals surface area contributed by atoms with Crippen LogP contribution in [0.2, 0.25) is 0 Å². The molecule has 3 aromatic carbocycles. The Morgan fingerprint density at radius 1 is 0.800 bits per heavy atom. The number of para-hydroxylation sites is 1. The van der Waals surface area contributed by atoms with Gasteiger partial charge in [-0.2, -0.15) is 4.31 Å². The van der Waals surface area contributed by atoms with Gasteiger partial charge in [-0.05, 0) is 54.1 Å². The Hall–Kier alpha value is -3.21. The predicted molar refractivity (Wildman–Crippen MR) is 138 cm³/mol. The van der Waals surface area contributed by atoms with Crippen molar-refractivity contribution in [1.29, 1.82) is 0 Å². The lowest BCUT2D eigenvalue weighted by Crippen LogP contribution is -2.30. The molecule has 0 atom stereocenters. The molecule has 3 rings (SSSR count). The normalized spacial score (nSPS) is 11.9. The number of benzene rings is 3. The second kappa shape index (κ2) is 11.0. The van der Waals surface area contributed by atoms with Gasteiger partial charge in [-0.1, -0.05) is 44.2 Å². The largest absolute Gasteiger partial charge is 0.322 e. The number of hydrogen-bond donors (Lipinski definition) is 1. The van der Waals surface area contributed by atoms with Crippen molar-refractivity contribution in [2.45, 2.75) is 25.3 Å². The quantitative estimate of drug-likeness (QED) is 0.441. The molecule has 1 amide bonds. The highest BCUT2D eigenvalue weighted by Crippen LogP contribution is 2.21. The summed E-state index contributed by atoms with van der Waals surface area (Å²) >= 11 is 0. The summed E-state index contributed by atoms with van der Waals surface area (Å²) < 4.78 is 52.5. The third kappa shape index (κ3) is 6.47. The molecule has 0 radical (unpaired) electrons. The van der Waals surface area contributed by atoms with E-state index in [2.05, 4.69) is 5.32 Å². The van der Waals surface area contributed by atoms with Gasteiger partial charge < -0.3 is 5.32 Å². The van der Waals surface area contributed by atoms with Gasteiger partial charge in [-0.3, -0.25) is 9.10 Å². The Morgan fingerprint density at radius 3 is 1.89 bits per heavy atom. The average Bonchev–Trinajstić information content (AvgIpc) is 2.83. The molecule has 0 bridgehead atoms. The van der Waals surface area contributed by atoms with Crippen molar-refractivity contribution in [2.75, 3.05) is 29.0 Å². The SMILES string of the molecule is CCN(CC)S(=O)(=O)c1ccc(NC(=O)c2ccc(CN(c3ccccc3)S(C)(=O)=O)cc2)cc1. The zero-order chi connectivity index (χ0) is 25.6. The fraction of sp³-hybridized carbons (Fsp3) is 0.240. The number of nitrogens with zero attached hydrogens (tertiary/aromatic N) is 2. The molecule has 0 saturated carbocycles. The van der Waals surface area contributed by atoms with Gasteiger partial charge in [0.15, 0.2) is 0 Å². The van der Waals surface area contributed by atoms with Crippen molar-refractivity contribution in [1.82, 2.24) is 4.31 Å². The number of nitrogens with one attached hydrogen (secondary N) is 1. The topological polar surface area (TPSA) is 104 Å². The van der Waals surface area contributed by atoms with E-state index in [9.17, 15) is 21.6 Å². The fourth-order valence-electron chi connectivity index (χ4n) is 3.55. The molecular weight excluding hydrogens is 486 g/mol. The minimum absolute atomic E-state index is 0.132. The molecular formula is C25H29N3O5S2. The zero-order valence-electron chi connectivity index (χ0n) is 19.9. The monoisotopic (exact) mass is 515 g/mol. The lowest BCUT2D eigenvalue weighted by molar-refractivity contribution is 0.102. The molecule has 0 aliphatic heterocycles. The molecule has 186 valence electrons. The smallest absolute Gasteiger partial charge is 0.255 e. The van der Waals surface area contributed by atoms with E-state index in [1.165, 1.54) is 20.7 Å². The summed E-state index contributed by atoms with van der Waals surface area (Å²) in [4.78, 5) is 12.8. The van der Waals surface area contributed by atoms with Gasteiger partial charge in [0.2, 0.25) is 20.0 Å². The zero-order valence-corrected chi connectivity index (χ0v) is 21.5. The Kier molecular flexibility index (Phi) is 8.31. The van der Waals surface area contributed by atoms with Crippen LogP contribution in [0.15, 0.2) is 83.8 Å². The molecule has 0 aliphatic rings. The third-order valence-corrected chi connectivity index (χ3v) is 8.65. The highest BCUT2D eigenvalue weighted by molar-refractivity contribution is 7.92. The number of anilines is 2. The van der Waals surface area contributed by atoms with Gasteiger partial charge in [0.25, 0.3) is 5.91 Å². The van der Waals surface area contributed by atoms with Crippen LogP contribution < -0.4 is 9.62 Å². The van der Waals surface area contributed by atoms with E-state index < -0.39 is 20.0 Å². The first-order valence-electron chi connectivity index (χ1n) is 11.1. The fourth-order valence-corrected chi connectivity index (χ4v) is 5.89. The van der Waals surface area contributed by atoms with Gasteiger partial charge in [0.05, 0.1) is 23.4 Å². The van der Waals surface area contributed by atoms with Crippen LogP contribution in [-0.2, 0) is 26.6 Å². The van der Waals surface area contributed by atoms with Crippen molar-refractivity contribution in [3.8, 4) is 0 Å². The number of hydrogen-bond acceptors (Lipinski definition) is 5. The highest BCUT2D eigenvalue weighted by atomic mass is 32.2. The van der Waals surface area contributed by atoms with Crippen LogP contribution in [-0.4, -0.2) is 46.4 Å². The second-order valence-corrected chi connectivity index (χ2v) is 11.7. The Morgan fingerprint density at radius 2 is 1.37 bits per heavy atom. The molecule has 0 spiro atoms. The van der Waals surface area contributed by atoms with E-state index in [0.29, 0.717) is 30.0 Å². The number of rotatable bonds is 10. The Balaban J connectivity index is 1.70. The molecule has 35 heavy (non-hydrogen) atoms. The molecule has 1 N–H and O–H groups in total. The maximum atomic E-state index is 12.7. The first-order valence-corrected chi connectivity index (χ1v) is 14.4. The lowest BCUT2D eigenvalue weighted by atomic mass is 10.1. The minimum atomic E-state index is -3.57. The maximum Gasteiger partial charge on any atom is 0.255 e. The molecule has 0 aromatic heterocycles. The van der Waals surface area contributed by atoms with E-state index >= 15 is 0 Å². The number of carbonyl (C=O) groups is 1. The summed E-state index contributed by atoms with van der Waals surface area (Å²) in [6.07, 6.45) is 1.15. The van der Waals surface area contributed by atoms with Crippen molar-refractivity contribution in [3.63, 3.8) is 0 Å². The van der Waals surface area contributed by atoms with Gasteiger partial charge in [0, 0.05) is 24.3 Å². The summed E-state index contributed by atoms with van der Waals surface area (Å²) in [6.45, 7) is 4.44. The molecule has 0 saturated heterocycles. The molecule has 10 heteroatoms. The van der Waals surface area contributed by atoms with Crippen LogP contribution in [0.3, 0.4) is 0 Å². The molecule has 0 aliphatic carbocycles. The second-order valence-electron chi connectivity index (χ2n) is 7.87. The third-order valence-electron chi connectivity index (χ3n) is 5.44. The first-order chi connectivity index (χ1) is 16.6. The van der Waals surface area contributed by atoms with Crippen molar-refractivity contribution in [2.24, 2.45) is 0 Å². The maximum absolute atomic E-state index is 12.7. The first kappa shape index (κ1) is 26.4. The summed E-state index contributed by atoms with van der Waals surface area (Å²) in [5.41, 5.74) is 2.13. The van der Waals surface area contributed by atoms with Crippen LogP contribution in [0.4, 0.5) is 11.4 Å². The average molecular weight is 516 g/mol. The van der Waals surface area contributed by atoms with Crippen LogP contribution in [0.25, 0.3) is 0 Å². The summed E-state index contributed by atoms with van der Waals surface area (Å²) in [5.74, 6) is -0.362. The standard InChI is InChI=1S/C25H29N3O5S2/c1-4-27(5-2)35(32,33)24-17-15-22(16-18-24)26-25(29)21-13-11-20(12-14-21)19-28(34(3,30)31)23-9-7-6-8-10-23/h6-18H,4-5,19H2,1-3H3,(H,26,29). The van der Waals surface area contributed by atoms with E-state index in [1.807, 2.05) is 6.07 Å². The predicted octanol–water partition coefficient (Wildman–Crippen LogP) is 3.94. The molecule has 0 heterocycles. The van der Waals surface area contributed by atoms with Gasteiger partial charge >= 0.3 is 0 Å². The lowest BCUT2D eigenvalue weighted by Gasteiger charge is -2.22. The van der Waals surface area contributed by atoms with E-state index in [-0.39, 0.29) is 17.3 Å². The number of amides is 1. The van der Waals surface area contributed by atoms with Crippen molar-refractivity contribution in [3.05, 3.63) is 90.0 Å². The highest BCUT2D eigenvalue weighted by Gasteiger charge is 2.21. The van der Waals surface area contributed by atoms with E-state index in [0.717, 1.165) is 11.8 Å². The van der Waals surface area contributed by atoms with Crippen molar-refractivity contribution < 1.29 is 21.6 Å². The number of sulfonamides is 2. The van der Waals surface area contributed by atoms with E-state index in [4.69, 9.17) is 0 Å². The van der Waals surface area contributed by atoms with Crippen LogP contribution >= 0.6 is 0 Å². The van der Waals surface area contributed by atoms with Crippen LogP contribution in [0.1, 0.15) is 29.8 Å². The van der Waals surface area contributed by atoms with E-state index in [1.54, 1.807) is 74.5 Å². The Labute approximate surface area is 207 Å². The van der Waals surface area contributed by atoms with Gasteiger partial charge in [-0.25, -0.2) is 16.8 Å². The van der Waals surface area contributed by atoms with Crippen LogP contribution in [0.5, 0.6) is 0 Å². The van der Waals surface area contributed by atoms with Crippen LogP contribution in [0, 0.1) is 0 Å². The summed E-state index contributed by atoms with van der Waals surface area (Å²) in [7, 11) is -7.07. The Bertz CT molecular complexity index is 1350. The minimum Gasteiger partial charge on any atom is -0.322 e. The summed E-state index contributed by atoms with van der Waals surface area (Å²) in [5, 5.41) is 2.75. The van der Waals surface area contributed by atoms with Gasteiger partial charge in [-0.15, -0.1) is 0 Å². The summed E-state index contributed by atoms with van der Waals surface area (Å²) in [6, 6.07) is 21.5. The molecule has 8 nitrogen and oxygen atoms in total.